The van der Waals surface area contributed by atoms with Crippen LogP contribution in [0.1, 0.15) is 12.0 Å². The number of benzene rings is 1. The molecule has 0 saturated carbocycles. The number of carbonyl (C=O) groups excluding carboxylic acids is 1. The van der Waals surface area contributed by atoms with Crippen LogP contribution in [-0.4, -0.2) is 39.2 Å². The first-order chi connectivity index (χ1) is 8.93. The first kappa shape index (κ1) is 17.0. The summed E-state index contributed by atoms with van der Waals surface area (Å²) in [5.74, 6) is 0.975. The van der Waals surface area contributed by atoms with E-state index in [-0.39, 0.29) is 29.9 Å². The number of esters is 1. The Kier molecular flexibility index (Phi) is 5.59. The molecule has 0 saturated heterocycles. The van der Waals surface area contributed by atoms with Crippen molar-refractivity contribution in [1.29, 1.82) is 0 Å². The molecule has 5 heteroatoms. The highest BCUT2D eigenvalue weighted by Crippen LogP contribution is 2.31. The largest absolute Gasteiger partial charge is 0.469 e. The summed E-state index contributed by atoms with van der Waals surface area (Å²) in [6, 6.07) is 8.20. The molecular formula is C15H22IN2O2+. The number of aromatic nitrogens is 1. The van der Waals surface area contributed by atoms with E-state index in [1.807, 2.05) is 12.1 Å². The van der Waals surface area contributed by atoms with Crippen LogP contribution >= 0.6 is 24.0 Å². The fourth-order valence-corrected chi connectivity index (χ4v) is 2.34. The number of halogens is 1. The van der Waals surface area contributed by atoms with E-state index >= 15 is 0 Å². The van der Waals surface area contributed by atoms with Crippen LogP contribution in [0.2, 0.25) is 0 Å². The molecule has 0 unspecified atom stereocenters. The molecule has 0 radical (unpaired) electrons. The Morgan fingerprint density at radius 3 is 2.50 bits per heavy atom. The summed E-state index contributed by atoms with van der Waals surface area (Å²) < 4.78 is 5.43. The van der Waals surface area contributed by atoms with Crippen molar-refractivity contribution in [1.82, 2.24) is 9.47 Å². The van der Waals surface area contributed by atoms with Gasteiger partial charge in [0.1, 0.15) is 0 Å². The van der Waals surface area contributed by atoms with Gasteiger partial charge in [-0.2, -0.15) is 0 Å². The van der Waals surface area contributed by atoms with Gasteiger partial charge in [0.05, 0.1) is 33.8 Å². The number of nitrogens with one attached hydrogen (secondary N) is 1. The number of ether oxygens (including phenoxy) is 1. The minimum absolute atomic E-state index is 0. The number of rotatable bonds is 4. The van der Waals surface area contributed by atoms with Crippen LogP contribution in [-0.2, 0) is 16.0 Å². The van der Waals surface area contributed by atoms with E-state index in [0.29, 0.717) is 17.3 Å². The third kappa shape index (κ3) is 3.52. The van der Waals surface area contributed by atoms with Crippen molar-refractivity contribution in [3.05, 3.63) is 29.8 Å². The lowest BCUT2D eigenvalue weighted by Gasteiger charge is -2.23. The Bertz CT molecular complexity index is 599. The smallest absolute Gasteiger partial charge is 0.305 e. The Hall–Kier alpha value is -1.08. The molecule has 0 aliphatic carbocycles. The number of quaternary nitrogens is 1. The Morgan fingerprint density at radius 1 is 1.25 bits per heavy atom. The average Bonchev–Trinajstić information content (AvgIpc) is 2.74. The van der Waals surface area contributed by atoms with Crippen molar-refractivity contribution in [3.63, 3.8) is 0 Å². The van der Waals surface area contributed by atoms with Gasteiger partial charge < -0.3 is 9.72 Å². The van der Waals surface area contributed by atoms with Gasteiger partial charge in [-0.05, 0) is 12.5 Å². The lowest BCUT2D eigenvalue weighted by atomic mass is 10.1. The van der Waals surface area contributed by atoms with Crippen molar-refractivity contribution in [2.75, 3.05) is 28.3 Å². The molecule has 2 rings (SSSR count). The zero-order chi connectivity index (χ0) is 14.0. The molecule has 4 nitrogen and oxygen atoms in total. The number of H-pyrrole nitrogens is 1. The first-order valence-electron chi connectivity index (χ1n) is 6.42. The highest BCUT2D eigenvalue weighted by atomic mass is 127. The van der Waals surface area contributed by atoms with Gasteiger partial charge in [-0.25, -0.2) is 0 Å². The molecule has 0 amide bonds. The van der Waals surface area contributed by atoms with Gasteiger partial charge >= 0.3 is 5.97 Å². The van der Waals surface area contributed by atoms with Gasteiger partial charge in [-0.3, -0.25) is 9.28 Å². The summed E-state index contributed by atoms with van der Waals surface area (Å²) in [7, 11) is 7.78. The van der Waals surface area contributed by atoms with Gasteiger partial charge in [-0.1, -0.05) is 18.2 Å². The standard InChI is InChI=1S/C15H21N2O2.HI/c1-17(2,3)15-12(9-10-14(18)19-4)11-7-5-6-8-13(11)16-15;/h5-8,16H,9-10H2,1-4H3;1H/q+1;. The summed E-state index contributed by atoms with van der Waals surface area (Å²) in [6.07, 6.45) is 1.10. The Morgan fingerprint density at radius 2 is 1.90 bits per heavy atom. The molecule has 110 valence electrons. The maximum atomic E-state index is 11.4. The van der Waals surface area contributed by atoms with Gasteiger partial charge in [0, 0.05) is 17.4 Å². The predicted octanol–water partition coefficient (Wildman–Crippen LogP) is 3.09. The highest BCUT2D eigenvalue weighted by Gasteiger charge is 2.23. The number of aromatic amines is 1. The second kappa shape index (κ2) is 6.58. The minimum Gasteiger partial charge on any atom is -0.469 e. The zero-order valence-corrected chi connectivity index (χ0v) is 14.7. The number of para-hydroxylation sites is 1. The first-order valence-corrected chi connectivity index (χ1v) is 6.42. The molecule has 1 heterocycles. The monoisotopic (exact) mass is 389 g/mol. The number of hydrogen-bond acceptors (Lipinski definition) is 2. The van der Waals surface area contributed by atoms with E-state index in [1.165, 1.54) is 18.1 Å². The van der Waals surface area contributed by atoms with Crippen molar-refractivity contribution in [2.45, 2.75) is 12.8 Å². The minimum atomic E-state index is -0.169. The van der Waals surface area contributed by atoms with Crippen LogP contribution < -0.4 is 4.48 Å². The van der Waals surface area contributed by atoms with Crippen LogP contribution in [0.5, 0.6) is 0 Å². The van der Waals surface area contributed by atoms with Crippen LogP contribution in [0.15, 0.2) is 24.3 Å². The molecule has 0 bridgehead atoms. The summed E-state index contributed by atoms with van der Waals surface area (Å²) in [5.41, 5.74) is 2.32. The fourth-order valence-electron chi connectivity index (χ4n) is 2.34. The number of aryl methyl sites for hydroxylation is 1. The molecule has 2 aromatic rings. The third-order valence-electron chi connectivity index (χ3n) is 3.27. The van der Waals surface area contributed by atoms with Crippen molar-refractivity contribution in [3.8, 4) is 0 Å². The number of hydrogen-bond donors (Lipinski definition) is 1. The molecule has 0 fully saturated rings. The predicted molar refractivity (Wildman–Crippen MR) is 93.6 cm³/mol. The zero-order valence-electron chi connectivity index (χ0n) is 12.4. The molecule has 0 atom stereocenters. The van der Waals surface area contributed by atoms with E-state index in [4.69, 9.17) is 4.74 Å². The lowest BCUT2D eigenvalue weighted by Crippen LogP contribution is -2.36. The normalized spacial score (nSPS) is 11.2. The van der Waals surface area contributed by atoms with Crippen LogP contribution in [0.4, 0.5) is 5.82 Å². The second-order valence-electron chi connectivity index (χ2n) is 5.59. The number of carbonyl (C=O) groups is 1. The second-order valence-corrected chi connectivity index (χ2v) is 5.59. The summed E-state index contributed by atoms with van der Waals surface area (Å²) >= 11 is 0. The quantitative estimate of drug-likeness (QED) is 0.496. The van der Waals surface area contributed by atoms with Crippen LogP contribution in [0.3, 0.4) is 0 Å². The number of methoxy groups -OCH3 is 1. The van der Waals surface area contributed by atoms with Crippen molar-refractivity contribution in [2.24, 2.45) is 0 Å². The maximum absolute atomic E-state index is 11.4. The molecule has 0 aliphatic heterocycles. The number of fused-ring (bicyclic) bond motifs is 1. The average molecular weight is 389 g/mol. The summed E-state index contributed by atoms with van der Waals surface area (Å²) in [4.78, 5) is 14.8. The van der Waals surface area contributed by atoms with E-state index in [9.17, 15) is 4.79 Å². The molecule has 0 spiro atoms. The summed E-state index contributed by atoms with van der Waals surface area (Å²) in [6.45, 7) is 0. The topological polar surface area (TPSA) is 42.1 Å². The lowest BCUT2D eigenvalue weighted by molar-refractivity contribution is -0.140. The third-order valence-corrected chi connectivity index (χ3v) is 3.27. The van der Waals surface area contributed by atoms with Gasteiger partial charge in [0.25, 0.3) is 0 Å². The molecule has 1 N–H and O–H groups in total. The van der Waals surface area contributed by atoms with E-state index in [0.717, 1.165) is 11.3 Å². The van der Waals surface area contributed by atoms with Crippen molar-refractivity contribution >= 4 is 46.7 Å². The van der Waals surface area contributed by atoms with Crippen LogP contribution in [0.25, 0.3) is 10.9 Å². The van der Waals surface area contributed by atoms with E-state index in [2.05, 4.69) is 38.3 Å². The van der Waals surface area contributed by atoms with Crippen molar-refractivity contribution < 1.29 is 9.53 Å². The van der Waals surface area contributed by atoms with Crippen LogP contribution in [0, 0.1) is 0 Å². The molecule has 1 aromatic heterocycles. The molecular weight excluding hydrogens is 367 g/mol. The molecule has 0 aliphatic rings. The Labute approximate surface area is 136 Å². The Balaban J connectivity index is 0.00000200. The maximum Gasteiger partial charge on any atom is 0.305 e. The van der Waals surface area contributed by atoms with E-state index < -0.39 is 0 Å². The fraction of sp³-hybridized carbons (Fsp3) is 0.400. The SMILES string of the molecule is COC(=O)CCc1c([N+](C)(C)C)[nH]c2ccccc12.I. The molecule has 1 aromatic carbocycles. The number of nitrogens with zero attached hydrogens (tertiary/aromatic N) is 1. The summed E-state index contributed by atoms with van der Waals surface area (Å²) in [5, 5.41) is 1.19. The molecule has 20 heavy (non-hydrogen) atoms. The van der Waals surface area contributed by atoms with Gasteiger partial charge in [0.15, 0.2) is 0 Å². The highest BCUT2D eigenvalue weighted by molar-refractivity contribution is 14.0. The van der Waals surface area contributed by atoms with Gasteiger partial charge in [0.2, 0.25) is 5.82 Å². The van der Waals surface area contributed by atoms with Gasteiger partial charge in [-0.15, -0.1) is 24.0 Å². The van der Waals surface area contributed by atoms with E-state index in [1.54, 1.807) is 0 Å².